The molecule has 2 fully saturated rings. The van der Waals surface area contributed by atoms with E-state index >= 15 is 0 Å². The van der Waals surface area contributed by atoms with E-state index in [2.05, 4.69) is 19.2 Å². The van der Waals surface area contributed by atoms with Crippen molar-refractivity contribution >= 4 is 17.5 Å². The van der Waals surface area contributed by atoms with E-state index in [-0.39, 0.29) is 28.7 Å². The van der Waals surface area contributed by atoms with Gasteiger partial charge in [0.15, 0.2) is 0 Å². The molecule has 0 aromatic carbocycles. The van der Waals surface area contributed by atoms with Crippen molar-refractivity contribution in [1.29, 1.82) is 0 Å². The molecule has 0 spiro atoms. The first-order valence-electron chi connectivity index (χ1n) is 7.45. The third-order valence-corrected chi connectivity index (χ3v) is 5.36. The first-order valence-corrected chi connectivity index (χ1v) is 7.89. The second-order valence-corrected chi connectivity index (χ2v) is 7.26. The Hall–Kier alpha value is -0.240. The maximum Gasteiger partial charge on any atom is 0.223 e. The molecule has 2 nitrogen and oxygen atoms in total. The van der Waals surface area contributed by atoms with Crippen LogP contribution in [-0.4, -0.2) is 17.3 Å². The molecular formula is C15H26ClNO. The Balaban J connectivity index is 1.93. The van der Waals surface area contributed by atoms with Crippen molar-refractivity contribution in [3.05, 3.63) is 0 Å². The average Bonchev–Trinajstić information content (AvgIpc) is 2.54. The van der Waals surface area contributed by atoms with Crippen LogP contribution in [0.4, 0.5) is 0 Å². The quantitative estimate of drug-likeness (QED) is 0.600. The van der Waals surface area contributed by atoms with Crippen LogP contribution >= 0.6 is 11.6 Å². The predicted molar refractivity (Wildman–Crippen MR) is 75.8 cm³/mol. The molecule has 18 heavy (non-hydrogen) atoms. The van der Waals surface area contributed by atoms with E-state index in [1.54, 1.807) is 0 Å². The summed E-state index contributed by atoms with van der Waals surface area (Å²) in [6.45, 7) is 4.44. The minimum absolute atomic E-state index is 0.126. The Bertz CT molecular complexity index is 303. The summed E-state index contributed by atoms with van der Waals surface area (Å²) in [5, 5.41) is 3.36. The summed E-state index contributed by atoms with van der Waals surface area (Å²) in [6.07, 6.45) is 9.13. The Morgan fingerprint density at radius 1 is 1.11 bits per heavy atom. The molecule has 0 aromatic rings. The van der Waals surface area contributed by atoms with Crippen LogP contribution in [0.1, 0.15) is 65.2 Å². The molecule has 0 radical (unpaired) electrons. The van der Waals surface area contributed by atoms with Crippen LogP contribution in [-0.2, 0) is 4.79 Å². The van der Waals surface area contributed by atoms with Gasteiger partial charge in [-0.3, -0.25) is 4.79 Å². The summed E-state index contributed by atoms with van der Waals surface area (Å²) in [6, 6.07) is 0.193. The highest BCUT2D eigenvalue weighted by molar-refractivity contribution is 6.21. The van der Waals surface area contributed by atoms with E-state index < -0.39 is 0 Å². The Morgan fingerprint density at radius 2 is 1.83 bits per heavy atom. The molecule has 2 rings (SSSR count). The van der Waals surface area contributed by atoms with E-state index in [1.807, 2.05) is 0 Å². The maximum absolute atomic E-state index is 12.4. The zero-order valence-corrected chi connectivity index (χ0v) is 12.4. The van der Waals surface area contributed by atoms with Crippen molar-refractivity contribution in [2.45, 2.75) is 76.6 Å². The second-order valence-electron chi connectivity index (χ2n) is 6.70. The van der Waals surface area contributed by atoms with Crippen molar-refractivity contribution in [2.75, 3.05) is 0 Å². The number of halogens is 1. The lowest BCUT2D eigenvalue weighted by Gasteiger charge is -2.29. The fourth-order valence-corrected chi connectivity index (χ4v) is 3.86. The van der Waals surface area contributed by atoms with Gasteiger partial charge < -0.3 is 5.32 Å². The van der Waals surface area contributed by atoms with Gasteiger partial charge in [-0.15, -0.1) is 11.6 Å². The summed E-state index contributed by atoms with van der Waals surface area (Å²) >= 11 is 6.39. The molecule has 0 saturated heterocycles. The molecule has 2 saturated carbocycles. The fourth-order valence-electron chi connectivity index (χ4n) is 3.52. The van der Waals surface area contributed by atoms with Gasteiger partial charge in [0.1, 0.15) is 0 Å². The number of carbonyl (C=O) groups is 1. The fraction of sp³-hybridized carbons (Fsp3) is 0.933. The number of nitrogens with one attached hydrogen (secondary N) is 1. The number of carbonyl (C=O) groups excluding carboxylic acids is 1. The summed E-state index contributed by atoms with van der Waals surface area (Å²) in [4.78, 5) is 12.4. The van der Waals surface area contributed by atoms with Gasteiger partial charge in [0.2, 0.25) is 5.91 Å². The van der Waals surface area contributed by atoms with Gasteiger partial charge in [0.25, 0.3) is 0 Å². The van der Waals surface area contributed by atoms with Gasteiger partial charge in [-0.25, -0.2) is 0 Å². The lowest BCUT2D eigenvalue weighted by atomic mass is 9.81. The SMILES string of the molecule is CC1(C)CCCC1C(=O)NC1CCCCCC1Cl. The Labute approximate surface area is 116 Å². The lowest BCUT2D eigenvalue weighted by Crippen LogP contribution is -2.45. The van der Waals surface area contributed by atoms with Crippen molar-refractivity contribution in [3.63, 3.8) is 0 Å². The Morgan fingerprint density at radius 3 is 2.50 bits per heavy atom. The van der Waals surface area contributed by atoms with Gasteiger partial charge in [-0.05, 0) is 31.1 Å². The summed E-state index contributed by atoms with van der Waals surface area (Å²) < 4.78 is 0. The molecule has 3 unspecified atom stereocenters. The van der Waals surface area contributed by atoms with E-state index in [4.69, 9.17) is 11.6 Å². The van der Waals surface area contributed by atoms with Gasteiger partial charge in [0, 0.05) is 12.0 Å². The van der Waals surface area contributed by atoms with Gasteiger partial charge in [0.05, 0.1) is 5.38 Å². The lowest BCUT2D eigenvalue weighted by molar-refractivity contribution is -0.128. The largest absolute Gasteiger partial charge is 0.352 e. The average molecular weight is 272 g/mol. The van der Waals surface area contributed by atoms with E-state index in [9.17, 15) is 4.79 Å². The molecule has 1 amide bonds. The molecule has 0 aliphatic heterocycles. The number of hydrogen-bond donors (Lipinski definition) is 1. The first kappa shape index (κ1) is 14.2. The standard InChI is InChI=1S/C15H26ClNO/c1-15(2)10-6-7-11(15)14(18)17-13-9-5-3-4-8-12(13)16/h11-13H,3-10H2,1-2H3,(H,17,18). The zero-order chi connectivity index (χ0) is 13.2. The van der Waals surface area contributed by atoms with E-state index in [1.165, 1.54) is 32.1 Å². The summed E-state index contributed by atoms with van der Waals surface area (Å²) in [5.41, 5.74) is 0.163. The van der Waals surface area contributed by atoms with E-state index in [0.29, 0.717) is 0 Å². The normalized spacial score (nSPS) is 36.1. The molecule has 0 bridgehead atoms. The molecule has 2 aliphatic carbocycles. The van der Waals surface area contributed by atoms with Crippen LogP contribution < -0.4 is 5.32 Å². The van der Waals surface area contributed by atoms with E-state index in [0.717, 1.165) is 19.3 Å². The van der Waals surface area contributed by atoms with Crippen molar-refractivity contribution in [3.8, 4) is 0 Å². The van der Waals surface area contributed by atoms with Crippen LogP contribution in [0.5, 0.6) is 0 Å². The van der Waals surface area contributed by atoms with Crippen LogP contribution in [0, 0.1) is 11.3 Å². The maximum atomic E-state index is 12.4. The third-order valence-electron chi connectivity index (χ3n) is 4.83. The summed E-state index contributed by atoms with van der Waals surface area (Å²) in [5.74, 6) is 0.430. The number of rotatable bonds is 2. The number of alkyl halides is 1. The summed E-state index contributed by atoms with van der Waals surface area (Å²) in [7, 11) is 0. The van der Waals surface area contributed by atoms with Crippen molar-refractivity contribution in [2.24, 2.45) is 11.3 Å². The van der Waals surface area contributed by atoms with Crippen molar-refractivity contribution in [1.82, 2.24) is 5.32 Å². The molecule has 104 valence electrons. The molecule has 1 N–H and O–H groups in total. The highest BCUT2D eigenvalue weighted by atomic mass is 35.5. The molecule has 0 heterocycles. The third kappa shape index (κ3) is 3.20. The zero-order valence-electron chi connectivity index (χ0n) is 11.7. The second kappa shape index (κ2) is 5.81. The monoisotopic (exact) mass is 271 g/mol. The van der Waals surface area contributed by atoms with Gasteiger partial charge in [-0.2, -0.15) is 0 Å². The number of hydrogen-bond acceptors (Lipinski definition) is 1. The minimum Gasteiger partial charge on any atom is -0.352 e. The Kier molecular flexibility index (Phi) is 4.58. The van der Waals surface area contributed by atoms with Crippen LogP contribution in [0.2, 0.25) is 0 Å². The molecule has 3 heteroatoms. The highest BCUT2D eigenvalue weighted by Gasteiger charge is 2.40. The van der Waals surface area contributed by atoms with Crippen molar-refractivity contribution < 1.29 is 4.79 Å². The smallest absolute Gasteiger partial charge is 0.223 e. The minimum atomic E-state index is 0.126. The molecular weight excluding hydrogens is 246 g/mol. The van der Waals surface area contributed by atoms with Crippen LogP contribution in [0.15, 0.2) is 0 Å². The number of amides is 1. The van der Waals surface area contributed by atoms with Crippen LogP contribution in [0.25, 0.3) is 0 Å². The van der Waals surface area contributed by atoms with Gasteiger partial charge >= 0.3 is 0 Å². The molecule has 2 aliphatic rings. The van der Waals surface area contributed by atoms with Crippen LogP contribution in [0.3, 0.4) is 0 Å². The molecule has 3 atom stereocenters. The molecule has 0 aromatic heterocycles. The van der Waals surface area contributed by atoms with Gasteiger partial charge in [-0.1, -0.05) is 39.5 Å². The highest BCUT2D eigenvalue weighted by Crippen LogP contribution is 2.42. The first-order chi connectivity index (χ1) is 8.50. The predicted octanol–water partition coefficient (Wildman–Crippen LogP) is 3.87. The topological polar surface area (TPSA) is 29.1 Å².